The largest absolute Gasteiger partial charge is 0.0928 e. The molecule has 0 unspecified atom stereocenters. The average Bonchev–Trinajstić information content (AvgIpc) is 2.47. The summed E-state index contributed by atoms with van der Waals surface area (Å²) in [5.41, 5.74) is 0. The Morgan fingerprint density at radius 1 is 0.800 bits per heavy atom. The van der Waals surface area contributed by atoms with E-state index in [0.717, 1.165) is 17.8 Å². The second-order valence-corrected chi connectivity index (χ2v) is 8.37. The summed E-state index contributed by atoms with van der Waals surface area (Å²) in [6.07, 6.45) is 17.6. The molecule has 2 heteroatoms. The van der Waals surface area contributed by atoms with Crippen LogP contribution in [0.25, 0.3) is 0 Å². The van der Waals surface area contributed by atoms with E-state index in [-0.39, 0.29) is 0 Å². The van der Waals surface area contributed by atoms with Crippen molar-refractivity contribution in [2.45, 2.75) is 84.0 Å². The Balaban J connectivity index is 2.11. The van der Waals surface area contributed by atoms with Crippen molar-refractivity contribution in [2.75, 3.05) is 10.7 Å². The van der Waals surface area contributed by atoms with E-state index in [0.29, 0.717) is 0 Å². The maximum absolute atomic E-state index is 3.61. The molecule has 0 spiro atoms. The molecule has 0 N–H and O–H groups in total. The lowest BCUT2D eigenvalue weighted by Crippen LogP contribution is -2.16. The summed E-state index contributed by atoms with van der Waals surface area (Å²) >= 11 is 7.22. The van der Waals surface area contributed by atoms with Crippen LogP contribution in [0.15, 0.2) is 0 Å². The summed E-state index contributed by atoms with van der Waals surface area (Å²) in [7, 11) is 0. The predicted octanol–water partition coefficient (Wildman–Crippen LogP) is 7.34. The second-order valence-electron chi connectivity index (χ2n) is 6.78. The maximum Gasteiger partial charge on any atom is 0.00339 e. The summed E-state index contributed by atoms with van der Waals surface area (Å²) in [6, 6.07) is 0. The molecule has 0 radical (unpaired) electrons. The van der Waals surface area contributed by atoms with E-state index in [9.17, 15) is 0 Å². The van der Waals surface area contributed by atoms with Gasteiger partial charge in [0.05, 0.1) is 0 Å². The molecule has 20 heavy (non-hydrogen) atoms. The minimum absolute atomic E-state index is 0.941. The van der Waals surface area contributed by atoms with Crippen molar-refractivity contribution in [1.82, 2.24) is 0 Å². The molecule has 0 saturated heterocycles. The van der Waals surface area contributed by atoms with Gasteiger partial charge in [0, 0.05) is 10.7 Å². The van der Waals surface area contributed by atoms with Crippen molar-refractivity contribution < 1.29 is 0 Å². The van der Waals surface area contributed by atoms with Gasteiger partial charge < -0.3 is 0 Å². The average molecular weight is 410 g/mol. The lowest BCUT2D eigenvalue weighted by Gasteiger charge is -2.29. The quantitative estimate of drug-likeness (QED) is 0.247. The van der Waals surface area contributed by atoms with E-state index in [1.165, 1.54) is 87.7 Å². The normalized spacial score (nSPS) is 23.4. The predicted molar refractivity (Wildman–Crippen MR) is 99.1 cm³/mol. The van der Waals surface area contributed by atoms with Crippen molar-refractivity contribution in [3.63, 3.8) is 0 Å². The first-order chi connectivity index (χ1) is 9.80. The number of hydrogen-bond donors (Lipinski definition) is 0. The van der Waals surface area contributed by atoms with Gasteiger partial charge in [0.25, 0.3) is 0 Å². The monoisotopic (exact) mass is 408 g/mol. The van der Waals surface area contributed by atoms with E-state index >= 15 is 0 Å². The molecule has 0 aliphatic heterocycles. The Kier molecular flexibility index (Phi) is 11.9. The van der Waals surface area contributed by atoms with Crippen LogP contribution >= 0.6 is 31.9 Å². The highest BCUT2D eigenvalue weighted by molar-refractivity contribution is 9.09. The topological polar surface area (TPSA) is 0 Å². The van der Waals surface area contributed by atoms with Crippen LogP contribution in [0.4, 0.5) is 0 Å². The van der Waals surface area contributed by atoms with Crippen molar-refractivity contribution >= 4 is 31.9 Å². The van der Waals surface area contributed by atoms with Crippen LogP contribution in [0.5, 0.6) is 0 Å². The van der Waals surface area contributed by atoms with Gasteiger partial charge in [-0.05, 0) is 30.6 Å². The Morgan fingerprint density at radius 2 is 1.35 bits per heavy atom. The van der Waals surface area contributed by atoms with Crippen molar-refractivity contribution in [2.24, 2.45) is 17.8 Å². The molecular weight excluding hydrogens is 376 g/mol. The molecular formula is C18H34Br2. The van der Waals surface area contributed by atoms with Crippen LogP contribution in [0, 0.1) is 17.8 Å². The second kappa shape index (κ2) is 12.5. The number of halogens is 2. The molecule has 0 bridgehead atoms. The van der Waals surface area contributed by atoms with Crippen LogP contribution in [0.1, 0.15) is 84.0 Å². The Hall–Kier alpha value is 0.960. The first-order valence-electron chi connectivity index (χ1n) is 8.92. The molecule has 1 fully saturated rings. The lowest BCUT2D eigenvalue weighted by atomic mass is 9.77. The molecule has 120 valence electrons. The first-order valence-corrected chi connectivity index (χ1v) is 11.2. The molecule has 0 atom stereocenters. The third kappa shape index (κ3) is 8.41. The molecule has 0 aromatic heterocycles. The highest BCUT2D eigenvalue weighted by Gasteiger charge is 2.21. The number of hydrogen-bond acceptors (Lipinski definition) is 0. The third-order valence-electron chi connectivity index (χ3n) is 5.20. The van der Waals surface area contributed by atoms with Gasteiger partial charge >= 0.3 is 0 Å². The van der Waals surface area contributed by atoms with E-state index < -0.39 is 0 Å². The third-order valence-corrected chi connectivity index (χ3v) is 6.12. The number of rotatable bonds is 11. The molecule has 1 aliphatic rings. The van der Waals surface area contributed by atoms with Crippen molar-refractivity contribution in [1.29, 1.82) is 0 Å². The number of alkyl halides is 2. The van der Waals surface area contributed by atoms with Gasteiger partial charge in [-0.15, -0.1) is 0 Å². The van der Waals surface area contributed by atoms with Gasteiger partial charge in [-0.2, -0.15) is 0 Å². The summed E-state index contributed by atoms with van der Waals surface area (Å²) < 4.78 is 0. The Morgan fingerprint density at radius 3 is 1.85 bits per heavy atom. The molecule has 0 heterocycles. The SMILES string of the molecule is CCCCC[C@H]1CC[C@H](CCC(CCBr)CCBr)CC1. The van der Waals surface area contributed by atoms with E-state index in [2.05, 4.69) is 38.8 Å². The Labute approximate surface area is 144 Å². The smallest absolute Gasteiger partial charge is 0.00339 e. The van der Waals surface area contributed by atoms with Crippen molar-refractivity contribution in [3.05, 3.63) is 0 Å². The molecule has 1 aliphatic carbocycles. The lowest BCUT2D eigenvalue weighted by molar-refractivity contribution is 0.235. The van der Waals surface area contributed by atoms with Crippen LogP contribution in [-0.4, -0.2) is 10.7 Å². The zero-order chi connectivity index (χ0) is 14.6. The van der Waals surface area contributed by atoms with Gasteiger partial charge in [-0.25, -0.2) is 0 Å². The van der Waals surface area contributed by atoms with E-state index in [1.807, 2.05) is 0 Å². The summed E-state index contributed by atoms with van der Waals surface area (Å²) in [5.74, 6) is 3.06. The molecule has 1 rings (SSSR count). The van der Waals surface area contributed by atoms with Crippen molar-refractivity contribution in [3.8, 4) is 0 Å². The summed E-state index contributed by atoms with van der Waals surface area (Å²) in [4.78, 5) is 0. The minimum atomic E-state index is 0.941. The molecule has 0 amide bonds. The number of unbranched alkanes of at least 4 members (excludes halogenated alkanes) is 2. The zero-order valence-electron chi connectivity index (χ0n) is 13.4. The fraction of sp³-hybridized carbons (Fsp3) is 1.00. The zero-order valence-corrected chi connectivity index (χ0v) is 16.6. The van der Waals surface area contributed by atoms with Crippen LogP contribution in [0.3, 0.4) is 0 Å². The van der Waals surface area contributed by atoms with Gasteiger partial charge in [-0.3, -0.25) is 0 Å². The van der Waals surface area contributed by atoms with E-state index in [4.69, 9.17) is 0 Å². The maximum atomic E-state index is 3.61. The minimum Gasteiger partial charge on any atom is -0.0928 e. The first kappa shape index (κ1) is 19.0. The molecule has 1 saturated carbocycles. The fourth-order valence-electron chi connectivity index (χ4n) is 3.70. The van der Waals surface area contributed by atoms with Gasteiger partial charge in [0.1, 0.15) is 0 Å². The molecule has 0 aromatic rings. The molecule has 0 aromatic carbocycles. The van der Waals surface area contributed by atoms with Crippen LogP contribution in [-0.2, 0) is 0 Å². The summed E-state index contributed by atoms with van der Waals surface area (Å²) in [6.45, 7) is 2.31. The van der Waals surface area contributed by atoms with Gasteiger partial charge in [-0.1, -0.05) is 103 Å². The highest BCUT2D eigenvalue weighted by Crippen LogP contribution is 2.35. The fourth-order valence-corrected chi connectivity index (χ4v) is 5.00. The molecule has 0 nitrogen and oxygen atoms in total. The Bertz CT molecular complexity index is 203. The van der Waals surface area contributed by atoms with Gasteiger partial charge in [0.15, 0.2) is 0 Å². The van der Waals surface area contributed by atoms with E-state index in [1.54, 1.807) is 0 Å². The van der Waals surface area contributed by atoms with Crippen LogP contribution < -0.4 is 0 Å². The van der Waals surface area contributed by atoms with Crippen LogP contribution in [0.2, 0.25) is 0 Å². The standard InChI is InChI=1S/C18H34Br2/c1-2-3-4-5-16-6-8-17(9-7-16)10-11-18(12-14-19)13-15-20/h16-18H,2-15H2,1H3/t16-,17-. The van der Waals surface area contributed by atoms with Gasteiger partial charge in [0.2, 0.25) is 0 Å². The highest BCUT2D eigenvalue weighted by atomic mass is 79.9. The summed E-state index contributed by atoms with van der Waals surface area (Å²) in [5, 5.41) is 2.35.